The van der Waals surface area contributed by atoms with Crippen molar-refractivity contribution in [2.24, 2.45) is 0 Å². The van der Waals surface area contributed by atoms with Gasteiger partial charge in [-0.1, -0.05) is 23.4 Å². The second-order valence-electron chi connectivity index (χ2n) is 6.85. The van der Waals surface area contributed by atoms with Gasteiger partial charge in [0.2, 0.25) is 0 Å². The molecule has 29 heavy (non-hydrogen) atoms. The van der Waals surface area contributed by atoms with E-state index >= 15 is 0 Å². The van der Waals surface area contributed by atoms with Crippen LogP contribution in [0.5, 0.6) is 5.75 Å². The van der Waals surface area contributed by atoms with E-state index in [1.807, 2.05) is 53.6 Å². The maximum Gasteiger partial charge on any atom is 0.267 e. The first-order valence-corrected chi connectivity index (χ1v) is 10.7. The summed E-state index contributed by atoms with van der Waals surface area (Å²) in [4.78, 5) is 22.3. The molecule has 3 heterocycles. The van der Waals surface area contributed by atoms with Gasteiger partial charge in [-0.25, -0.2) is 0 Å². The number of ether oxygens (including phenoxy) is 1. The minimum absolute atomic E-state index is 0.0521. The van der Waals surface area contributed by atoms with Gasteiger partial charge in [0.25, 0.3) is 11.8 Å². The molecule has 1 aliphatic heterocycles. The summed E-state index contributed by atoms with van der Waals surface area (Å²) in [7, 11) is 0. The molecule has 0 atom stereocenters. The van der Waals surface area contributed by atoms with E-state index in [4.69, 9.17) is 9.26 Å². The number of hydrogen-bond donors (Lipinski definition) is 0. The zero-order chi connectivity index (χ0) is 20.1. The molecule has 1 aromatic carbocycles. The van der Waals surface area contributed by atoms with Gasteiger partial charge in [0.05, 0.1) is 13.2 Å². The number of hydrogen-bond acceptors (Lipinski definition) is 7. The van der Waals surface area contributed by atoms with Crippen LogP contribution in [0.2, 0.25) is 0 Å². The van der Waals surface area contributed by atoms with E-state index in [9.17, 15) is 4.79 Å². The summed E-state index contributed by atoms with van der Waals surface area (Å²) in [5, 5.41) is 6.03. The van der Waals surface area contributed by atoms with Crippen LogP contribution in [0, 0.1) is 0 Å². The predicted molar refractivity (Wildman–Crippen MR) is 111 cm³/mol. The largest absolute Gasteiger partial charge is 0.492 e. The van der Waals surface area contributed by atoms with Crippen LogP contribution < -0.4 is 4.74 Å². The van der Waals surface area contributed by atoms with E-state index in [0.29, 0.717) is 42.0 Å². The molecular weight excluding hydrogens is 388 g/mol. The van der Waals surface area contributed by atoms with Crippen LogP contribution in [0.4, 0.5) is 0 Å². The van der Waals surface area contributed by atoms with E-state index < -0.39 is 0 Å². The smallest absolute Gasteiger partial charge is 0.267 e. The lowest BCUT2D eigenvalue weighted by molar-refractivity contribution is 0.0762. The van der Waals surface area contributed by atoms with Crippen molar-refractivity contribution in [3.63, 3.8) is 0 Å². The van der Waals surface area contributed by atoms with Crippen LogP contribution in [0.15, 0.2) is 46.3 Å². The van der Waals surface area contributed by atoms with Crippen molar-refractivity contribution in [1.29, 1.82) is 0 Å². The Morgan fingerprint density at radius 2 is 2.03 bits per heavy atom. The van der Waals surface area contributed by atoms with E-state index in [-0.39, 0.29) is 5.91 Å². The fraction of sp³-hybridized carbons (Fsp3) is 0.381. The molecule has 0 unspecified atom stereocenters. The first-order valence-electron chi connectivity index (χ1n) is 9.84. The number of nitrogens with zero attached hydrogens (tertiary/aromatic N) is 4. The third kappa shape index (κ3) is 4.65. The van der Waals surface area contributed by atoms with Crippen LogP contribution in [-0.4, -0.2) is 58.6 Å². The second-order valence-corrected chi connectivity index (χ2v) is 7.77. The molecule has 4 rings (SSSR count). The highest BCUT2D eigenvalue weighted by Crippen LogP contribution is 2.27. The van der Waals surface area contributed by atoms with Crippen LogP contribution >= 0.6 is 11.3 Å². The second kappa shape index (κ2) is 9.19. The molecule has 0 radical (unpaired) electrons. The molecule has 0 saturated carbocycles. The Labute approximate surface area is 173 Å². The Balaban J connectivity index is 1.36. The van der Waals surface area contributed by atoms with Crippen LogP contribution in [0.1, 0.15) is 28.8 Å². The van der Waals surface area contributed by atoms with Crippen LogP contribution in [0.3, 0.4) is 0 Å². The van der Waals surface area contributed by atoms with E-state index in [1.165, 1.54) is 11.3 Å². The van der Waals surface area contributed by atoms with Crippen molar-refractivity contribution >= 4 is 17.2 Å². The summed E-state index contributed by atoms with van der Waals surface area (Å²) in [6.45, 7) is 6.17. The normalized spacial score (nSPS) is 15.3. The van der Waals surface area contributed by atoms with Crippen molar-refractivity contribution in [3.05, 3.63) is 52.5 Å². The molecule has 0 N–H and O–H groups in total. The highest BCUT2D eigenvalue weighted by molar-refractivity contribution is 7.12. The van der Waals surface area contributed by atoms with Gasteiger partial charge < -0.3 is 14.2 Å². The predicted octanol–water partition coefficient (Wildman–Crippen LogP) is 3.54. The number of carbonyl (C=O) groups excluding carboxylic acids is 1. The molecule has 2 aromatic heterocycles. The number of benzene rings is 1. The van der Waals surface area contributed by atoms with Gasteiger partial charge in [0.15, 0.2) is 5.82 Å². The molecule has 3 aromatic rings. The topological polar surface area (TPSA) is 71.7 Å². The lowest BCUT2D eigenvalue weighted by Gasteiger charge is -2.21. The highest BCUT2D eigenvalue weighted by Gasteiger charge is 2.24. The fourth-order valence-electron chi connectivity index (χ4n) is 3.41. The quantitative estimate of drug-likeness (QED) is 0.617. The summed E-state index contributed by atoms with van der Waals surface area (Å²) in [6.07, 6.45) is 0.907. The van der Waals surface area contributed by atoms with Gasteiger partial charge in [-0.05, 0) is 36.9 Å². The van der Waals surface area contributed by atoms with Crippen molar-refractivity contribution in [2.75, 3.05) is 32.8 Å². The number of rotatable bonds is 6. The van der Waals surface area contributed by atoms with E-state index in [2.05, 4.69) is 15.0 Å². The van der Waals surface area contributed by atoms with Crippen LogP contribution in [-0.2, 0) is 6.54 Å². The maximum absolute atomic E-state index is 12.9. The summed E-state index contributed by atoms with van der Waals surface area (Å²) >= 11 is 1.44. The Kier molecular flexibility index (Phi) is 6.21. The van der Waals surface area contributed by atoms with Crippen molar-refractivity contribution < 1.29 is 14.1 Å². The lowest BCUT2D eigenvalue weighted by Crippen LogP contribution is -2.35. The third-order valence-corrected chi connectivity index (χ3v) is 5.74. The van der Waals surface area contributed by atoms with E-state index in [0.717, 1.165) is 31.6 Å². The van der Waals surface area contributed by atoms with Gasteiger partial charge in [-0.3, -0.25) is 9.69 Å². The maximum atomic E-state index is 12.9. The standard InChI is InChI=1S/C21H24N4O3S/c1-2-27-17-9-14-29-19(17)21(26)25-11-6-10-24(12-13-25)15-18-22-20(28-23-18)16-7-4-3-5-8-16/h3-5,7-9,14H,2,6,10-13,15H2,1H3. The third-order valence-electron chi connectivity index (χ3n) is 4.85. The molecule has 1 aliphatic rings. The first kappa shape index (κ1) is 19.6. The summed E-state index contributed by atoms with van der Waals surface area (Å²) in [5.41, 5.74) is 0.917. The molecule has 7 nitrogen and oxygen atoms in total. The zero-order valence-electron chi connectivity index (χ0n) is 16.4. The minimum atomic E-state index is 0.0521. The lowest BCUT2D eigenvalue weighted by atomic mass is 10.2. The molecule has 0 aliphatic carbocycles. The number of carbonyl (C=O) groups is 1. The zero-order valence-corrected chi connectivity index (χ0v) is 17.2. The number of aromatic nitrogens is 2. The number of thiophene rings is 1. The Morgan fingerprint density at radius 3 is 2.86 bits per heavy atom. The molecule has 1 saturated heterocycles. The van der Waals surface area contributed by atoms with Crippen molar-refractivity contribution in [2.45, 2.75) is 19.9 Å². The summed E-state index contributed by atoms with van der Waals surface area (Å²) in [5.74, 6) is 1.94. The number of amides is 1. The molecule has 0 spiro atoms. The molecule has 8 heteroatoms. The monoisotopic (exact) mass is 412 g/mol. The Morgan fingerprint density at radius 1 is 1.17 bits per heavy atom. The van der Waals surface area contributed by atoms with Gasteiger partial charge in [0, 0.05) is 31.7 Å². The molecular formula is C21H24N4O3S. The van der Waals surface area contributed by atoms with Crippen molar-refractivity contribution in [1.82, 2.24) is 19.9 Å². The summed E-state index contributed by atoms with van der Waals surface area (Å²) in [6, 6.07) is 11.6. The molecule has 152 valence electrons. The van der Waals surface area contributed by atoms with Gasteiger partial charge in [0.1, 0.15) is 10.6 Å². The average Bonchev–Trinajstić information content (AvgIpc) is 3.34. The van der Waals surface area contributed by atoms with Crippen molar-refractivity contribution in [3.8, 4) is 17.2 Å². The molecule has 0 bridgehead atoms. The van der Waals surface area contributed by atoms with Gasteiger partial charge in [-0.15, -0.1) is 11.3 Å². The first-order chi connectivity index (χ1) is 14.2. The van der Waals surface area contributed by atoms with Gasteiger partial charge in [-0.2, -0.15) is 4.98 Å². The van der Waals surface area contributed by atoms with Crippen LogP contribution in [0.25, 0.3) is 11.5 Å². The highest BCUT2D eigenvalue weighted by atomic mass is 32.1. The Bertz CT molecular complexity index is 940. The minimum Gasteiger partial charge on any atom is -0.492 e. The average molecular weight is 413 g/mol. The molecule has 1 fully saturated rings. The Hall–Kier alpha value is -2.71. The fourth-order valence-corrected chi connectivity index (χ4v) is 4.22. The van der Waals surface area contributed by atoms with Gasteiger partial charge >= 0.3 is 0 Å². The SMILES string of the molecule is CCOc1ccsc1C(=O)N1CCCN(Cc2noc(-c3ccccc3)n2)CC1. The van der Waals surface area contributed by atoms with E-state index in [1.54, 1.807) is 0 Å². The molecule has 1 amide bonds. The summed E-state index contributed by atoms with van der Waals surface area (Å²) < 4.78 is 11.0.